The Morgan fingerprint density at radius 1 is 1.25 bits per heavy atom. The molecule has 0 spiro atoms. The molecule has 0 heterocycles. The molecule has 1 N–H and O–H groups in total. The van der Waals surface area contributed by atoms with E-state index in [0.717, 1.165) is 6.42 Å². The maximum atomic E-state index is 10.6. The maximum absolute atomic E-state index is 10.6. The van der Waals surface area contributed by atoms with Crippen molar-refractivity contribution in [3.05, 3.63) is 35.4 Å². The first kappa shape index (κ1) is 12.8. The summed E-state index contributed by atoms with van der Waals surface area (Å²) in [7, 11) is 0. The summed E-state index contributed by atoms with van der Waals surface area (Å²) in [6.45, 7) is 6.35. The summed E-state index contributed by atoms with van der Waals surface area (Å²) >= 11 is 0. The number of benzene rings is 1. The average Bonchev–Trinajstić information content (AvgIpc) is 2.20. The van der Waals surface area contributed by atoms with Crippen molar-refractivity contribution in [1.29, 1.82) is 0 Å². The van der Waals surface area contributed by atoms with Crippen LogP contribution < -0.4 is 0 Å². The van der Waals surface area contributed by atoms with E-state index in [1.807, 2.05) is 0 Å². The second-order valence-corrected chi connectivity index (χ2v) is 4.69. The summed E-state index contributed by atoms with van der Waals surface area (Å²) in [6, 6.07) is 8.40. The van der Waals surface area contributed by atoms with E-state index < -0.39 is 5.97 Å². The first-order valence-corrected chi connectivity index (χ1v) is 5.79. The molecular formula is C14H20O2. The van der Waals surface area contributed by atoms with Gasteiger partial charge in [0, 0.05) is 6.42 Å². The average molecular weight is 220 g/mol. The lowest BCUT2D eigenvalue weighted by atomic mass is 9.84. The Morgan fingerprint density at radius 3 is 2.25 bits per heavy atom. The van der Waals surface area contributed by atoms with Crippen molar-refractivity contribution < 1.29 is 9.90 Å². The molecule has 2 nitrogen and oxygen atoms in total. The molecule has 2 heteroatoms. The van der Waals surface area contributed by atoms with Gasteiger partial charge in [-0.25, -0.2) is 0 Å². The quantitative estimate of drug-likeness (QED) is 0.823. The summed E-state index contributed by atoms with van der Waals surface area (Å²) in [4.78, 5) is 10.6. The molecule has 0 amide bonds. The Balaban J connectivity index is 2.77. The van der Waals surface area contributed by atoms with Crippen LogP contribution in [0.3, 0.4) is 0 Å². The molecule has 0 aliphatic carbocycles. The fourth-order valence-corrected chi connectivity index (χ4v) is 1.98. The third-order valence-corrected chi connectivity index (χ3v) is 2.98. The highest BCUT2D eigenvalue weighted by Gasteiger charge is 2.16. The lowest BCUT2D eigenvalue weighted by Crippen LogP contribution is -2.09. The zero-order chi connectivity index (χ0) is 12.1. The van der Waals surface area contributed by atoms with Crippen LogP contribution >= 0.6 is 0 Å². The molecule has 1 rings (SSSR count). The van der Waals surface area contributed by atoms with Crippen LogP contribution in [0, 0.1) is 12.8 Å². The molecule has 1 unspecified atom stereocenters. The van der Waals surface area contributed by atoms with E-state index >= 15 is 0 Å². The van der Waals surface area contributed by atoms with Crippen LogP contribution in [0.4, 0.5) is 0 Å². The van der Waals surface area contributed by atoms with Gasteiger partial charge in [-0.15, -0.1) is 0 Å². The highest BCUT2D eigenvalue weighted by molar-refractivity contribution is 5.66. The Morgan fingerprint density at radius 2 is 1.81 bits per heavy atom. The summed E-state index contributed by atoms with van der Waals surface area (Å²) in [5, 5.41) is 8.74. The third kappa shape index (κ3) is 3.69. The number of aliphatic carboxylic acids is 1. The first-order valence-electron chi connectivity index (χ1n) is 5.79. The van der Waals surface area contributed by atoms with Gasteiger partial charge in [0.05, 0.1) is 0 Å². The van der Waals surface area contributed by atoms with Crippen LogP contribution in [-0.4, -0.2) is 11.1 Å². The van der Waals surface area contributed by atoms with Gasteiger partial charge in [-0.2, -0.15) is 0 Å². The lowest BCUT2D eigenvalue weighted by Gasteiger charge is -2.20. The van der Waals surface area contributed by atoms with Gasteiger partial charge in [0.1, 0.15) is 0 Å². The van der Waals surface area contributed by atoms with Crippen LogP contribution in [0.1, 0.15) is 43.7 Å². The molecule has 0 fully saturated rings. The zero-order valence-electron chi connectivity index (χ0n) is 10.2. The molecule has 0 saturated heterocycles. The minimum absolute atomic E-state index is 0.247. The number of carbonyl (C=O) groups is 1. The van der Waals surface area contributed by atoms with Crippen molar-refractivity contribution in [3.8, 4) is 0 Å². The van der Waals surface area contributed by atoms with E-state index in [2.05, 4.69) is 45.0 Å². The molecule has 0 aromatic heterocycles. The minimum atomic E-state index is -0.710. The van der Waals surface area contributed by atoms with Gasteiger partial charge >= 0.3 is 5.97 Å². The molecule has 0 aliphatic heterocycles. The van der Waals surface area contributed by atoms with Crippen LogP contribution in [0.2, 0.25) is 0 Å². The van der Waals surface area contributed by atoms with Gasteiger partial charge in [-0.3, -0.25) is 4.79 Å². The summed E-state index contributed by atoms with van der Waals surface area (Å²) in [5.74, 6) is 0.108. The van der Waals surface area contributed by atoms with E-state index in [4.69, 9.17) is 5.11 Å². The molecular weight excluding hydrogens is 200 g/mol. The molecule has 0 aliphatic rings. The Labute approximate surface area is 97.3 Å². The standard InChI is InChI=1S/C14H20O2/c1-10(2)13(8-9-14(15)16)12-6-4-11(3)5-7-12/h4-7,10,13H,8-9H2,1-3H3,(H,15,16). The number of aryl methyl sites for hydroxylation is 1. The van der Waals surface area contributed by atoms with Crippen LogP contribution in [0.5, 0.6) is 0 Å². The summed E-state index contributed by atoms with van der Waals surface area (Å²) in [5.41, 5.74) is 2.49. The summed E-state index contributed by atoms with van der Waals surface area (Å²) in [6.07, 6.45) is 0.965. The van der Waals surface area contributed by atoms with Gasteiger partial charge < -0.3 is 5.11 Å². The largest absolute Gasteiger partial charge is 0.481 e. The number of carboxylic acids is 1. The number of hydrogen-bond acceptors (Lipinski definition) is 1. The highest BCUT2D eigenvalue weighted by atomic mass is 16.4. The Hall–Kier alpha value is -1.31. The fourth-order valence-electron chi connectivity index (χ4n) is 1.98. The smallest absolute Gasteiger partial charge is 0.303 e. The molecule has 88 valence electrons. The molecule has 0 radical (unpaired) electrons. The van der Waals surface area contributed by atoms with Crippen LogP contribution in [0.15, 0.2) is 24.3 Å². The van der Waals surface area contributed by atoms with Gasteiger partial charge in [0.15, 0.2) is 0 Å². The van der Waals surface area contributed by atoms with Gasteiger partial charge in [-0.1, -0.05) is 43.7 Å². The SMILES string of the molecule is Cc1ccc(C(CCC(=O)O)C(C)C)cc1. The Kier molecular flexibility index (Phi) is 4.53. The molecule has 1 atom stereocenters. The van der Waals surface area contributed by atoms with E-state index in [0.29, 0.717) is 11.8 Å². The van der Waals surface area contributed by atoms with Crippen LogP contribution in [0.25, 0.3) is 0 Å². The topological polar surface area (TPSA) is 37.3 Å². The van der Waals surface area contributed by atoms with Crippen molar-refractivity contribution in [1.82, 2.24) is 0 Å². The van der Waals surface area contributed by atoms with Crippen molar-refractivity contribution in [2.45, 2.75) is 39.5 Å². The molecule has 0 saturated carbocycles. The van der Waals surface area contributed by atoms with E-state index in [1.165, 1.54) is 11.1 Å². The predicted octanol–water partition coefficient (Wildman–Crippen LogP) is 3.60. The van der Waals surface area contributed by atoms with Crippen molar-refractivity contribution in [2.24, 2.45) is 5.92 Å². The lowest BCUT2D eigenvalue weighted by molar-refractivity contribution is -0.137. The maximum Gasteiger partial charge on any atom is 0.303 e. The number of carboxylic acid groups (broad SMARTS) is 1. The third-order valence-electron chi connectivity index (χ3n) is 2.98. The number of rotatable bonds is 5. The monoisotopic (exact) mass is 220 g/mol. The van der Waals surface area contributed by atoms with Gasteiger partial charge in [-0.05, 0) is 30.7 Å². The summed E-state index contributed by atoms with van der Waals surface area (Å²) < 4.78 is 0. The van der Waals surface area contributed by atoms with Gasteiger partial charge in [0.25, 0.3) is 0 Å². The zero-order valence-corrected chi connectivity index (χ0v) is 10.2. The van der Waals surface area contributed by atoms with Crippen LogP contribution in [-0.2, 0) is 4.79 Å². The van der Waals surface area contributed by atoms with Gasteiger partial charge in [0.2, 0.25) is 0 Å². The molecule has 16 heavy (non-hydrogen) atoms. The van der Waals surface area contributed by atoms with Crippen molar-refractivity contribution >= 4 is 5.97 Å². The second kappa shape index (κ2) is 5.69. The highest BCUT2D eigenvalue weighted by Crippen LogP contribution is 2.29. The molecule has 1 aromatic carbocycles. The fraction of sp³-hybridized carbons (Fsp3) is 0.500. The molecule has 1 aromatic rings. The minimum Gasteiger partial charge on any atom is -0.481 e. The van der Waals surface area contributed by atoms with Crippen molar-refractivity contribution in [3.63, 3.8) is 0 Å². The second-order valence-electron chi connectivity index (χ2n) is 4.69. The Bertz CT molecular complexity index is 338. The number of hydrogen-bond donors (Lipinski definition) is 1. The van der Waals surface area contributed by atoms with E-state index in [-0.39, 0.29) is 6.42 Å². The molecule has 0 bridgehead atoms. The van der Waals surface area contributed by atoms with E-state index in [1.54, 1.807) is 0 Å². The van der Waals surface area contributed by atoms with Crippen molar-refractivity contribution in [2.75, 3.05) is 0 Å². The normalized spacial score (nSPS) is 12.8. The first-order chi connectivity index (χ1) is 7.50. The van der Waals surface area contributed by atoms with E-state index in [9.17, 15) is 4.79 Å². The predicted molar refractivity (Wildman–Crippen MR) is 65.6 cm³/mol.